The van der Waals surface area contributed by atoms with Crippen molar-refractivity contribution in [3.8, 4) is 0 Å². The number of aliphatic hydroxyl groups excluding tert-OH is 1. The first kappa shape index (κ1) is 36.3. The fourth-order valence-electron chi connectivity index (χ4n) is 0.253. The van der Waals surface area contributed by atoms with E-state index in [1.165, 1.54) is 0 Å². The number of hydrogen-bond acceptors (Lipinski definition) is 2. The van der Waals surface area contributed by atoms with Gasteiger partial charge in [-0.3, -0.25) is 0 Å². The summed E-state index contributed by atoms with van der Waals surface area (Å²) < 4.78 is 16.0. The maximum Gasteiger partial charge on any atom is 2.00 e. The van der Waals surface area contributed by atoms with Crippen molar-refractivity contribution < 1.29 is 53.9 Å². The number of hydrogen-bond donors (Lipinski definition) is 1. The van der Waals surface area contributed by atoms with Crippen LogP contribution in [0.15, 0.2) is 0 Å². The molecule has 1 radical (unpaired) electrons. The molecule has 0 aliphatic rings. The van der Waals surface area contributed by atoms with Crippen molar-refractivity contribution in [2.45, 2.75) is 14.4 Å². The standard InChI is InChI=1S/C5H11NO.C2H5.CH4.F2.V.W/c1-3-6(4-2)5-7;1-2;;1-2;;/h7H,1-5H2;1H2,2H3;1H4;;;/q-2;-1;;;+2;. The Bertz CT molecular complexity index is 48.8. The molecule has 0 aliphatic carbocycles. The first-order valence-electron chi connectivity index (χ1n) is 3.11. The van der Waals surface area contributed by atoms with E-state index in [1.54, 1.807) is 11.8 Å². The molecule has 0 unspecified atom stereocenters. The van der Waals surface area contributed by atoms with Crippen molar-refractivity contribution in [3.63, 3.8) is 0 Å². The van der Waals surface area contributed by atoms with E-state index < -0.39 is 0 Å². The van der Waals surface area contributed by atoms with Gasteiger partial charge in [-0.25, -0.2) is 0 Å². The fourth-order valence-corrected chi connectivity index (χ4v) is 0.253. The van der Waals surface area contributed by atoms with Crippen molar-refractivity contribution in [1.82, 2.24) is 4.90 Å². The van der Waals surface area contributed by atoms with Crippen molar-refractivity contribution in [1.29, 1.82) is 0 Å². The number of rotatable bonds is 3. The minimum absolute atomic E-state index is 0. The van der Waals surface area contributed by atoms with E-state index >= 15 is 0 Å². The number of aliphatic hydroxyl groups is 1. The van der Waals surface area contributed by atoms with Crippen LogP contribution in [0.4, 0.5) is 9.15 Å². The van der Waals surface area contributed by atoms with Crippen molar-refractivity contribution in [3.05, 3.63) is 20.8 Å². The maximum absolute atomic E-state index is 8.37. The first-order chi connectivity index (χ1) is 5.35. The van der Waals surface area contributed by atoms with Crippen LogP contribution in [0, 0.1) is 20.8 Å². The van der Waals surface area contributed by atoms with Crippen LogP contribution in [0.3, 0.4) is 0 Å². The van der Waals surface area contributed by atoms with Gasteiger partial charge in [0.2, 0.25) is 0 Å². The molecule has 14 heavy (non-hydrogen) atoms. The molecule has 0 aromatic heterocycles. The van der Waals surface area contributed by atoms with E-state index in [2.05, 4.69) is 20.8 Å². The smallest absolute Gasteiger partial charge is 0.381 e. The quantitative estimate of drug-likeness (QED) is 0.561. The van der Waals surface area contributed by atoms with E-state index in [4.69, 9.17) is 14.3 Å². The summed E-state index contributed by atoms with van der Waals surface area (Å²) in [5.41, 5.74) is 0. The van der Waals surface area contributed by atoms with Gasteiger partial charge in [0, 0.05) is 30.2 Å². The Kier molecular flexibility index (Phi) is 125. The molecule has 0 heterocycles. The topological polar surface area (TPSA) is 23.5 Å². The average molecular weight is 419 g/mol. The molecule has 0 saturated carbocycles. The molecule has 89 valence electrons. The molecule has 0 fully saturated rings. The molecule has 0 spiro atoms. The third kappa shape index (κ3) is 38.1. The Morgan fingerprint density at radius 1 is 1.14 bits per heavy atom. The molecule has 0 aliphatic heterocycles. The fraction of sp³-hybridized carbons (Fsp3) is 0.625. The van der Waals surface area contributed by atoms with Gasteiger partial charge in [0.05, 0.1) is 6.73 Å². The van der Waals surface area contributed by atoms with Gasteiger partial charge in [-0.15, -0.1) is 13.1 Å². The zero-order valence-corrected chi connectivity index (χ0v) is 12.1. The van der Waals surface area contributed by atoms with E-state index in [0.29, 0.717) is 13.1 Å². The van der Waals surface area contributed by atoms with Gasteiger partial charge in [0.25, 0.3) is 0 Å². The van der Waals surface area contributed by atoms with E-state index in [9.17, 15) is 0 Å². The maximum atomic E-state index is 8.37. The Morgan fingerprint density at radius 2 is 1.36 bits per heavy atom. The van der Waals surface area contributed by atoms with Crippen LogP contribution in [0.5, 0.6) is 0 Å². The third-order valence-corrected chi connectivity index (χ3v) is 0.832. The van der Waals surface area contributed by atoms with Crippen LogP contribution >= 0.6 is 0 Å². The van der Waals surface area contributed by atoms with Crippen LogP contribution in [0.25, 0.3) is 0 Å². The SMILES string of the molecule is C.FF.[CH2-]C.[CH2-]CN(C[CH2-])CO.[V+2].[W]. The van der Waals surface area contributed by atoms with E-state index in [1.807, 2.05) is 0 Å². The van der Waals surface area contributed by atoms with Gasteiger partial charge in [-0.2, -0.15) is 6.92 Å². The predicted octanol–water partition coefficient (Wildman–Crippen LogP) is 2.22. The molecule has 1 N–H and O–H groups in total. The molecular formula is C8H20F2NOVW-. The summed E-state index contributed by atoms with van der Waals surface area (Å²) in [4.78, 5) is 1.71. The van der Waals surface area contributed by atoms with Gasteiger partial charge in [0.15, 0.2) is 0 Å². The van der Waals surface area contributed by atoms with Crippen molar-refractivity contribution in [2.75, 3.05) is 19.8 Å². The molecule has 0 aromatic carbocycles. The Morgan fingerprint density at radius 3 is 1.36 bits per heavy atom. The summed E-state index contributed by atoms with van der Waals surface area (Å²) in [6.07, 6.45) is 0. The van der Waals surface area contributed by atoms with Crippen LogP contribution in [0.1, 0.15) is 14.4 Å². The average Bonchev–Trinajstić information content (AvgIpc) is 2.14. The van der Waals surface area contributed by atoms with Gasteiger partial charge in [-0.05, 0) is 0 Å². The number of nitrogens with zero attached hydrogens (tertiary/aromatic N) is 1. The zero-order chi connectivity index (χ0) is 9.70. The molecular weight excluding hydrogens is 399 g/mol. The van der Waals surface area contributed by atoms with Gasteiger partial charge < -0.3 is 30.8 Å². The summed E-state index contributed by atoms with van der Waals surface area (Å²) in [7, 11) is 0. The summed E-state index contributed by atoms with van der Waals surface area (Å²) >= 11 is 0. The van der Waals surface area contributed by atoms with E-state index in [0.717, 1.165) is 0 Å². The molecule has 2 nitrogen and oxygen atoms in total. The normalized spacial score (nSPS) is 6.00. The van der Waals surface area contributed by atoms with Crippen molar-refractivity contribution >= 4 is 0 Å². The monoisotopic (exact) mass is 419 g/mol. The Labute approximate surface area is 113 Å². The summed E-state index contributed by atoms with van der Waals surface area (Å²) in [5.74, 6) is 0. The second-order valence-corrected chi connectivity index (χ2v) is 1.26. The van der Waals surface area contributed by atoms with Gasteiger partial charge in [-0.1, -0.05) is 7.43 Å². The van der Waals surface area contributed by atoms with E-state index in [-0.39, 0.29) is 53.8 Å². The summed E-state index contributed by atoms with van der Waals surface area (Å²) in [6, 6.07) is 0. The van der Waals surface area contributed by atoms with Crippen molar-refractivity contribution in [2.24, 2.45) is 0 Å². The predicted molar refractivity (Wildman–Crippen MR) is 49.4 cm³/mol. The minimum Gasteiger partial charge on any atom is -0.381 e. The van der Waals surface area contributed by atoms with Gasteiger partial charge in [0.1, 0.15) is 0 Å². The second kappa shape index (κ2) is 48.1. The molecule has 0 aromatic rings. The zero-order valence-electron chi connectivity index (χ0n) is 7.75. The van der Waals surface area contributed by atoms with Gasteiger partial charge >= 0.3 is 18.6 Å². The van der Waals surface area contributed by atoms with Crippen LogP contribution in [-0.2, 0) is 39.6 Å². The number of halogens is 2. The molecule has 6 heteroatoms. The van der Waals surface area contributed by atoms with Crippen LogP contribution in [-0.4, -0.2) is 29.8 Å². The Balaban J connectivity index is -0.0000000205. The molecule has 0 rings (SSSR count). The minimum atomic E-state index is 0. The molecule has 0 bridgehead atoms. The molecule has 0 saturated heterocycles. The first-order valence-corrected chi connectivity index (χ1v) is 3.11. The van der Waals surface area contributed by atoms with Crippen LogP contribution in [0.2, 0.25) is 0 Å². The molecule has 0 amide bonds. The third-order valence-electron chi connectivity index (χ3n) is 0.832. The Hall–Kier alpha value is 1.05. The van der Waals surface area contributed by atoms with Crippen LogP contribution < -0.4 is 0 Å². The largest absolute Gasteiger partial charge is 2.00 e. The molecule has 0 atom stereocenters. The summed E-state index contributed by atoms with van der Waals surface area (Å²) in [5, 5.41) is 8.37. The summed E-state index contributed by atoms with van der Waals surface area (Å²) in [6.45, 7) is 13.4. The second-order valence-electron chi connectivity index (χ2n) is 1.26.